The predicted molar refractivity (Wildman–Crippen MR) is 66.9 cm³/mol. The second-order valence-corrected chi connectivity index (χ2v) is 5.67. The van der Waals surface area contributed by atoms with Gasteiger partial charge >= 0.3 is 0 Å². The SMILES string of the molecule is COC1(CN2C(=O)CNC(=O)C2C(C)C)CCC1. The van der Waals surface area contributed by atoms with Gasteiger partial charge in [0.25, 0.3) is 0 Å². The van der Waals surface area contributed by atoms with E-state index in [2.05, 4.69) is 5.32 Å². The maximum atomic E-state index is 12.0. The van der Waals surface area contributed by atoms with Gasteiger partial charge in [-0.1, -0.05) is 13.8 Å². The maximum Gasteiger partial charge on any atom is 0.243 e. The first kappa shape index (κ1) is 13.3. The van der Waals surface area contributed by atoms with Crippen molar-refractivity contribution in [3.63, 3.8) is 0 Å². The number of piperazine rings is 1. The zero-order valence-electron chi connectivity index (χ0n) is 11.4. The van der Waals surface area contributed by atoms with Crippen LogP contribution in [0, 0.1) is 5.92 Å². The van der Waals surface area contributed by atoms with Crippen LogP contribution in [0.4, 0.5) is 0 Å². The normalized spacial score (nSPS) is 27.1. The van der Waals surface area contributed by atoms with Crippen molar-refractivity contribution in [3.8, 4) is 0 Å². The quantitative estimate of drug-likeness (QED) is 0.796. The van der Waals surface area contributed by atoms with E-state index in [0.717, 1.165) is 19.3 Å². The van der Waals surface area contributed by atoms with Crippen molar-refractivity contribution >= 4 is 11.8 Å². The number of rotatable bonds is 4. The first-order valence-electron chi connectivity index (χ1n) is 6.61. The van der Waals surface area contributed by atoms with E-state index in [9.17, 15) is 9.59 Å². The highest BCUT2D eigenvalue weighted by Gasteiger charge is 2.45. The number of carbonyl (C=O) groups is 2. The molecule has 102 valence electrons. The lowest BCUT2D eigenvalue weighted by atomic mass is 9.79. The molecule has 1 saturated heterocycles. The fraction of sp³-hybridized carbons (Fsp3) is 0.846. The third kappa shape index (κ3) is 2.23. The van der Waals surface area contributed by atoms with Gasteiger partial charge in [0.1, 0.15) is 6.04 Å². The zero-order valence-corrected chi connectivity index (χ0v) is 11.4. The molecule has 0 spiro atoms. The molecule has 2 fully saturated rings. The highest BCUT2D eigenvalue weighted by Crippen LogP contribution is 2.36. The Kier molecular flexibility index (Phi) is 3.61. The Morgan fingerprint density at radius 1 is 1.44 bits per heavy atom. The van der Waals surface area contributed by atoms with Crippen LogP contribution in [-0.2, 0) is 14.3 Å². The second kappa shape index (κ2) is 4.88. The molecule has 0 radical (unpaired) electrons. The largest absolute Gasteiger partial charge is 0.376 e. The molecule has 1 N–H and O–H groups in total. The van der Waals surface area contributed by atoms with Gasteiger partial charge in [0.05, 0.1) is 18.7 Å². The summed E-state index contributed by atoms with van der Waals surface area (Å²) in [4.78, 5) is 25.7. The molecule has 2 aliphatic rings. The van der Waals surface area contributed by atoms with Crippen molar-refractivity contribution in [1.82, 2.24) is 10.2 Å². The number of ether oxygens (including phenoxy) is 1. The van der Waals surface area contributed by atoms with Crippen LogP contribution in [0.3, 0.4) is 0 Å². The molecule has 0 bridgehead atoms. The number of carbonyl (C=O) groups excluding carboxylic acids is 2. The van der Waals surface area contributed by atoms with Gasteiger partial charge in [-0.3, -0.25) is 9.59 Å². The van der Waals surface area contributed by atoms with E-state index in [1.54, 1.807) is 12.0 Å². The third-order valence-corrected chi connectivity index (χ3v) is 4.13. The maximum absolute atomic E-state index is 12.0. The zero-order chi connectivity index (χ0) is 13.3. The molecule has 1 aliphatic heterocycles. The predicted octanol–water partition coefficient (Wildman–Crippen LogP) is 0.538. The second-order valence-electron chi connectivity index (χ2n) is 5.67. The van der Waals surface area contributed by atoms with E-state index in [1.807, 2.05) is 13.8 Å². The van der Waals surface area contributed by atoms with Gasteiger partial charge in [0, 0.05) is 7.11 Å². The fourth-order valence-corrected chi connectivity index (χ4v) is 2.82. The molecular formula is C13H22N2O3. The number of hydrogen-bond donors (Lipinski definition) is 1. The van der Waals surface area contributed by atoms with Crippen LogP contribution in [-0.4, -0.2) is 48.6 Å². The van der Waals surface area contributed by atoms with Gasteiger partial charge in [0.15, 0.2) is 0 Å². The number of nitrogens with zero attached hydrogens (tertiary/aromatic N) is 1. The Morgan fingerprint density at radius 3 is 2.56 bits per heavy atom. The molecule has 1 aliphatic carbocycles. The van der Waals surface area contributed by atoms with Crippen molar-refractivity contribution in [3.05, 3.63) is 0 Å². The van der Waals surface area contributed by atoms with Crippen molar-refractivity contribution in [2.24, 2.45) is 5.92 Å². The Balaban J connectivity index is 2.15. The Morgan fingerprint density at radius 2 is 2.11 bits per heavy atom. The molecule has 1 unspecified atom stereocenters. The minimum absolute atomic E-state index is 0.00313. The minimum atomic E-state index is -0.362. The van der Waals surface area contributed by atoms with Crippen molar-refractivity contribution in [2.45, 2.75) is 44.8 Å². The minimum Gasteiger partial charge on any atom is -0.376 e. The highest BCUT2D eigenvalue weighted by molar-refractivity contribution is 5.95. The smallest absolute Gasteiger partial charge is 0.243 e. The monoisotopic (exact) mass is 254 g/mol. The van der Waals surface area contributed by atoms with Crippen LogP contribution in [0.1, 0.15) is 33.1 Å². The average molecular weight is 254 g/mol. The molecule has 2 rings (SSSR count). The van der Waals surface area contributed by atoms with Crippen molar-refractivity contribution < 1.29 is 14.3 Å². The number of nitrogens with one attached hydrogen (secondary N) is 1. The molecule has 18 heavy (non-hydrogen) atoms. The van der Waals surface area contributed by atoms with E-state index >= 15 is 0 Å². The molecule has 0 aromatic heterocycles. The van der Waals surface area contributed by atoms with Crippen molar-refractivity contribution in [1.29, 1.82) is 0 Å². The summed E-state index contributed by atoms with van der Waals surface area (Å²) in [5, 5.41) is 2.66. The van der Waals surface area contributed by atoms with Crippen LogP contribution in [0.5, 0.6) is 0 Å². The van der Waals surface area contributed by atoms with Crippen LogP contribution in [0.2, 0.25) is 0 Å². The van der Waals surface area contributed by atoms with Crippen LogP contribution in [0.25, 0.3) is 0 Å². The lowest BCUT2D eigenvalue weighted by Crippen LogP contribution is -2.64. The standard InChI is InChI=1S/C13H22N2O3/c1-9(2)11-12(17)14-7-10(16)15(11)8-13(18-3)5-4-6-13/h9,11H,4-8H2,1-3H3,(H,14,17). The van der Waals surface area contributed by atoms with E-state index in [1.165, 1.54) is 0 Å². The van der Waals surface area contributed by atoms with Crippen LogP contribution < -0.4 is 5.32 Å². The van der Waals surface area contributed by atoms with Gasteiger partial charge in [-0.25, -0.2) is 0 Å². The third-order valence-electron chi connectivity index (χ3n) is 4.13. The summed E-state index contributed by atoms with van der Waals surface area (Å²) in [6.45, 7) is 4.59. The first-order chi connectivity index (χ1) is 8.49. The first-order valence-corrected chi connectivity index (χ1v) is 6.61. The van der Waals surface area contributed by atoms with E-state index in [-0.39, 0.29) is 35.9 Å². The van der Waals surface area contributed by atoms with Crippen LogP contribution in [0.15, 0.2) is 0 Å². The van der Waals surface area contributed by atoms with Gasteiger partial charge in [0.2, 0.25) is 11.8 Å². The molecule has 1 saturated carbocycles. The summed E-state index contributed by atoms with van der Waals surface area (Å²) in [6, 6.07) is -0.362. The Bertz CT molecular complexity index is 345. The summed E-state index contributed by atoms with van der Waals surface area (Å²) in [6.07, 6.45) is 3.08. The molecule has 5 nitrogen and oxygen atoms in total. The molecule has 2 amide bonds. The fourth-order valence-electron chi connectivity index (χ4n) is 2.82. The summed E-state index contributed by atoms with van der Waals surface area (Å²) in [7, 11) is 1.69. The number of methoxy groups -OCH3 is 1. The Labute approximate surface area is 108 Å². The van der Waals surface area contributed by atoms with Gasteiger partial charge in [-0.05, 0) is 25.2 Å². The summed E-state index contributed by atoms with van der Waals surface area (Å²) in [5.41, 5.74) is -0.222. The van der Waals surface area contributed by atoms with E-state index in [0.29, 0.717) is 6.54 Å². The summed E-state index contributed by atoms with van der Waals surface area (Å²) in [5.74, 6) is 0.0648. The summed E-state index contributed by atoms with van der Waals surface area (Å²) >= 11 is 0. The van der Waals surface area contributed by atoms with E-state index < -0.39 is 0 Å². The van der Waals surface area contributed by atoms with Crippen molar-refractivity contribution in [2.75, 3.05) is 20.2 Å². The number of hydrogen-bond acceptors (Lipinski definition) is 3. The highest BCUT2D eigenvalue weighted by atomic mass is 16.5. The van der Waals surface area contributed by atoms with Gasteiger partial charge in [-0.15, -0.1) is 0 Å². The van der Waals surface area contributed by atoms with Gasteiger partial charge in [-0.2, -0.15) is 0 Å². The molecule has 0 aromatic rings. The van der Waals surface area contributed by atoms with Crippen LogP contribution >= 0.6 is 0 Å². The lowest BCUT2D eigenvalue weighted by Gasteiger charge is -2.47. The summed E-state index contributed by atoms with van der Waals surface area (Å²) < 4.78 is 5.56. The lowest BCUT2D eigenvalue weighted by molar-refractivity contribution is -0.157. The molecule has 5 heteroatoms. The van der Waals surface area contributed by atoms with Gasteiger partial charge < -0.3 is 15.0 Å². The topological polar surface area (TPSA) is 58.6 Å². The molecule has 1 heterocycles. The molecule has 0 aromatic carbocycles. The Hall–Kier alpha value is -1.10. The number of amides is 2. The molecular weight excluding hydrogens is 232 g/mol. The average Bonchev–Trinajstić information content (AvgIpc) is 2.27. The van der Waals surface area contributed by atoms with E-state index in [4.69, 9.17) is 4.74 Å². The molecule has 1 atom stereocenters.